The van der Waals surface area contributed by atoms with Crippen LogP contribution in [0.4, 0.5) is 11.4 Å². The van der Waals surface area contributed by atoms with Gasteiger partial charge in [0.05, 0.1) is 11.9 Å². The lowest BCUT2D eigenvalue weighted by Crippen LogP contribution is -2.26. The predicted octanol–water partition coefficient (Wildman–Crippen LogP) is 3.79. The molecule has 3 rings (SSSR count). The Morgan fingerprint density at radius 1 is 1.29 bits per heavy atom. The van der Waals surface area contributed by atoms with Crippen molar-refractivity contribution < 1.29 is 4.79 Å². The Kier molecular flexibility index (Phi) is 3.92. The molecule has 1 heterocycles. The summed E-state index contributed by atoms with van der Waals surface area (Å²) in [7, 11) is 0. The van der Waals surface area contributed by atoms with E-state index in [1.807, 2.05) is 31.2 Å². The van der Waals surface area contributed by atoms with E-state index >= 15 is 0 Å². The molecule has 0 spiro atoms. The number of carbonyl (C=O) groups is 1. The Morgan fingerprint density at radius 3 is 2.71 bits per heavy atom. The topological polar surface area (TPSA) is 54.0 Å². The number of benzene rings is 1. The highest BCUT2D eigenvalue weighted by molar-refractivity contribution is 9.10. The van der Waals surface area contributed by atoms with E-state index in [0.717, 1.165) is 34.3 Å². The molecular formula is C16H16BrN3O. The van der Waals surface area contributed by atoms with E-state index in [1.165, 1.54) is 0 Å². The van der Waals surface area contributed by atoms with Gasteiger partial charge in [0.25, 0.3) is 5.91 Å². The van der Waals surface area contributed by atoms with Crippen molar-refractivity contribution in [1.82, 2.24) is 10.3 Å². The fourth-order valence-corrected chi connectivity index (χ4v) is 2.49. The summed E-state index contributed by atoms with van der Waals surface area (Å²) in [6.07, 6.45) is 3.84. The Bertz CT molecular complexity index is 666. The van der Waals surface area contributed by atoms with Crippen LogP contribution in [0.15, 0.2) is 41.0 Å². The zero-order valence-corrected chi connectivity index (χ0v) is 13.3. The molecule has 0 saturated heterocycles. The first-order chi connectivity index (χ1) is 10.1. The van der Waals surface area contributed by atoms with Crippen molar-refractivity contribution in [3.63, 3.8) is 0 Å². The number of pyridine rings is 1. The molecule has 0 unspecified atom stereocenters. The SMILES string of the molecule is Cc1cc(Br)ccc1Nc1ccc(C(=O)NC2CC2)nc1. The van der Waals surface area contributed by atoms with Crippen LogP contribution in [0.25, 0.3) is 0 Å². The minimum Gasteiger partial charge on any atom is -0.354 e. The van der Waals surface area contributed by atoms with E-state index < -0.39 is 0 Å². The summed E-state index contributed by atoms with van der Waals surface area (Å²) in [6.45, 7) is 2.04. The highest BCUT2D eigenvalue weighted by atomic mass is 79.9. The van der Waals surface area contributed by atoms with Gasteiger partial charge in [-0.3, -0.25) is 4.79 Å². The predicted molar refractivity (Wildman–Crippen MR) is 86.9 cm³/mol. The quantitative estimate of drug-likeness (QED) is 0.886. The van der Waals surface area contributed by atoms with E-state index in [4.69, 9.17) is 0 Å². The number of aromatic nitrogens is 1. The second-order valence-corrected chi connectivity index (χ2v) is 6.18. The Balaban J connectivity index is 1.70. The van der Waals surface area contributed by atoms with Crippen LogP contribution < -0.4 is 10.6 Å². The highest BCUT2D eigenvalue weighted by Crippen LogP contribution is 2.23. The number of rotatable bonds is 4. The number of carbonyl (C=O) groups excluding carboxylic acids is 1. The zero-order valence-electron chi connectivity index (χ0n) is 11.7. The van der Waals surface area contributed by atoms with Crippen molar-refractivity contribution in [2.24, 2.45) is 0 Å². The second kappa shape index (κ2) is 5.85. The first kappa shape index (κ1) is 14.1. The lowest BCUT2D eigenvalue weighted by molar-refractivity contribution is 0.0946. The number of amides is 1. The number of halogens is 1. The van der Waals surface area contributed by atoms with Gasteiger partial charge in [0.1, 0.15) is 5.69 Å². The smallest absolute Gasteiger partial charge is 0.270 e. The second-order valence-electron chi connectivity index (χ2n) is 5.26. The molecule has 0 radical (unpaired) electrons. The molecule has 4 nitrogen and oxygen atoms in total. The van der Waals surface area contributed by atoms with Gasteiger partial charge in [-0.15, -0.1) is 0 Å². The Labute approximate surface area is 132 Å². The molecule has 1 aliphatic rings. The van der Waals surface area contributed by atoms with Gasteiger partial charge in [-0.2, -0.15) is 0 Å². The molecule has 0 aliphatic heterocycles. The van der Waals surface area contributed by atoms with E-state index in [0.29, 0.717) is 11.7 Å². The Morgan fingerprint density at radius 2 is 2.10 bits per heavy atom. The fourth-order valence-electron chi connectivity index (χ4n) is 2.01. The number of nitrogens with zero attached hydrogens (tertiary/aromatic N) is 1. The first-order valence-electron chi connectivity index (χ1n) is 6.92. The molecule has 2 N–H and O–H groups in total. The normalized spacial score (nSPS) is 13.8. The van der Waals surface area contributed by atoms with Crippen molar-refractivity contribution in [2.45, 2.75) is 25.8 Å². The molecule has 2 aromatic rings. The van der Waals surface area contributed by atoms with Gasteiger partial charge in [-0.1, -0.05) is 15.9 Å². The van der Waals surface area contributed by atoms with Crippen molar-refractivity contribution in [3.05, 3.63) is 52.3 Å². The third-order valence-electron chi connectivity index (χ3n) is 3.38. The maximum Gasteiger partial charge on any atom is 0.270 e. The molecule has 1 aromatic heterocycles. The van der Waals surface area contributed by atoms with Crippen LogP contribution in [0.3, 0.4) is 0 Å². The van der Waals surface area contributed by atoms with Crippen LogP contribution in [0.2, 0.25) is 0 Å². The molecular weight excluding hydrogens is 330 g/mol. The summed E-state index contributed by atoms with van der Waals surface area (Å²) in [5.74, 6) is -0.0936. The number of hydrogen-bond donors (Lipinski definition) is 2. The molecule has 1 fully saturated rings. The minimum absolute atomic E-state index is 0.0936. The molecule has 21 heavy (non-hydrogen) atoms. The number of nitrogens with one attached hydrogen (secondary N) is 2. The third kappa shape index (κ3) is 3.61. The lowest BCUT2D eigenvalue weighted by Gasteiger charge is -2.10. The van der Waals surface area contributed by atoms with E-state index in [1.54, 1.807) is 12.3 Å². The largest absolute Gasteiger partial charge is 0.354 e. The van der Waals surface area contributed by atoms with Crippen LogP contribution >= 0.6 is 15.9 Å². The van der Waals surface area contributed by atoms with Gasteiger partial charge in [-0.25, -0.2) is 4.98 Å². The molecule has 0 bridgehead atoms. The van der Waals surface area contributed by atoms with E-state index in [9.17, 15) is 4.79 Å². The Hall–Kier alpha value is -1.88. The third-order valence-corrected chi connectivity index (χ3v) is 3.87. The standard InChI is InChI=1S/C16H16BrN3O/c1-10-8-11(17)2-6-14(10)19-13-5-7-15(18-9-13)16(21)20-12-3-4-12/h2,5-9,12,19H,3-4H2,1H3,(H,20,21). The van der Waals surface area contributed by atoms with Gasteiger partial charge in [0.2, 0.25) is 0 Å². The molecule has 0 atom stereocenters. The molecule has 1 amide bonds. The summed E-state index contributed by atoms with van der Waals surface area (Å²) in [4.78, 5) is 16.1. The van der Waals surface area contributed by atoms with E-state index in [2.05, 4.69) is 31.5 Å². The van der Waals surface area contributed by atoms with Crippen LogP contribution in [0, 0.1) is 6.92 Å². The fraction of sp³-hybridized carbons (Fsp3) is 0.250. The summed E-state index contributed by atoms with van der Waals surface area (Å²) < 4.78 is 1.05. The monoisotopic (exact) mass is 345 g/mol. The van der Waals surface area contributed by atoms with Gasteiger partial charge < -0.3 is 10.6 Å². The molecule has 1 saturated carbocycles. The maximum absolute atomic E-state index is 11.9. The number of hydrogen-bond acceptors (Lipinski definition) is 3. The van der Waals surface area contributed by atoms with Crippen LogP contribution in [0.5, 0.6) is 0 Å². The lowest BCUT2D eigenvalue weighted by atomic mass is 10.2. The van der Waals surface area contributed by atoms with E-state index in [-0.39, 0.29) is 5.91 Å². The molecule has 1 aromatic carbocycles. The summed E-state index contributed by atoms with van der Waals surface area (Å²) in [5, 5.41) is 6.23. The first-order valence-corrected chi connectivity index (χ1v) is 7.71. The van der Waals surface area contributed by atoms with Gasteiger partial charge >= 0.3 is 0 Å². The summed E-state index contributed by atoms with van der Waals surface area (Å²) in [6, 6.07) is 10.0. The van der Waals surface area contributed by atoms with Crippen LogP contribution in [0.1, 0.15) is 28.9 Å². The van der Waals surface area contributed by atoms with Crippen molar-refractivity contribution in [1.29, 1.82) is 0 Å². The number of aryl methyl sites for hydroxylation is 1. The molecule has 108 valence electrons. The molecule has 1 aliphatic carbocycles. The number of anilines is 2. The van der Waals surface area contributed by atoms with Gasteiger partial charge in [0, 0.05) is 16.2 Å². The maximum atomic E-state index is 11.9. The zero-order chi connectivity index (χ0) is 14.8. The van der Waals surface area contributed by atoms with Crippen molar-refractivity contribution >= 4 is 33.2 Å². The average molecular weight is 346 g/mol. The van der Waals surface area contributed by atoms with Gasteiger partial charge in [0.15, 0.2) is 0 Å². The molecule has 5 heteroatoms. The van der Waals surface area contributed by atoms with Crippen molar-refractivity contribution in [3.8, 4) is 0 Å². The average Bonchev–Trinajstić information content (AvgIpc) is 3.26. The minimum atomic E-state index is -0.0936. The van der Waals surface area contributed by atoms with Crippen LogP contribution in [-0.2, 0) is 0 Å². The van der Waals surface area contributed by atoms with Gasteiger partial charge in [-0.05, 0) is 55.7 Å². The summed E-state index contributed by atoms with van der Waals surface area (Å²) >= 11 is 3.45. The van der Waals surface area contributed by atoms with Crippen LogP contribution in [-0.4, -0.2) is 16.9 Å². The highest BCUT2D eigenvalue weighted by Gasteiger charge is 2.24. The summed E-state index contributed by atoms with van der Waals surface area (Å²) in [5.41, 5.74) is 3.48. The van der Waals surface area contributed by atoms with Crippen molar-refractivity contribution in [2.75, 3.05) is 5.32 Å².